The van der Waals surface area contributed by atoms with E-state index >= 15 is 0 Å². The minimum Gasteiger partial charge on any atom is -0.494 e. The van der Waals surface area contributed by atoms with Gasteiger partial charge in [0.15, 0.2) is 5.11 Å². The van der Waals surface area contributed by atoms with E-state index in [1.807, 2.05) is 61.7 Å². The molecule has 5 rings (SSSR count). The van der Waals surface area contributed by atoms with Crippen molar-refractivity contribution in [2.24, 2.45) is 0 Å². The van der Waals surface area contributed by atoms with Gasteiger partial charge in [0.25, 0.3) is 0 Å². The number of anilines is 2. The predicted octanol–water partition coefficient (Wildman–Crippen LogP) is 5.11. The van der Waals surface area contributed by atoms with Crippen LogP contribution in [0.4, 0.5) is 11.4 Å². The number of ether oxygens (including phenoxy) is 1. The lowest BCUT2D eigenvalue weighted by atomic mass is 10.0. The summed E-state index contributed by atoms with van der Waals surface area (Å²) in [5, 5.41) is 6.98. The first-order chi connectivity index (χ1) is 18.0. The van der Waals surface area contributed by atoms with Crippen molar-refractivity contribution < 1.29 is 9.53 Å². The Kier molecular flexibility index (Phi) is 6.87. The topological polar surface area (TPSA) is 84.3 Å². The van der Waals surface area contributed by atoms with Crippen LogP contribution in [0.5, 0.6) is 5.75 Å². The van der Waals surface area contributed by atoms with Gasteiger partial charge in [-0.15, -0.1) is 0 Å². The lowest BCUT2D eigenvalue weighted by Gasteiger charge is -2.29. The lowest BCUT2D eigenvalue weighted by molar-refractivity contribution is -0.115. The standard InChI is InChI=1S/C28H28N6O2S/c1-4-25(35)31-21-12-11-19(16-24(21)36-3)34-27(26(32-28(34)37)22-9-5-6-15-30-22)23-13-10-18(2)33(23)20-8-7-14-29-17-20/h5-17,26-27H,4H2,1-3H3,(H,31,35)(H,32,37)/t26-,27-/m0/s1. The Balaban J connectivity index is 1.65. The van der Waals surface area contributed by atoms with Crippen LogP contribution >= 0.6 is 12.2 Å². The maximum atomic E-state index is 12.0. The fourth-order valence-corrected chi connectivity index (χ4v) is 5.08. The van der Waals surface area contributed by atoms with Gasteiger partial charge in [0.05, 0.1) is 36.4 Å². The second-order valence-corrected chi connectivity index (χ2v) is 9.12. The fourth-order valence-electron chi connectivity index (χ4n) is 4.73. The van der Waals surface area contributed by atoms with Gasteiger partial charge in [-0.25, -0.2) is 0 Å². The minimum absolute atomic E-state index is 0.0812. The predicted molar refractivity (Wildman–Crippen MR) is 148 cm³/mol. The van der Waals surface area contributed by atoms with Crippen molar-refractivity contribution in [1.82, 2.24) is 19.9 Å². The number of nitrogens with one attached hydrogen (secondary N) is 2. The first kappa shape index (κ1) is 24.5. The van der Waals surface area contributed by atoms with Gasteiger partial charge in [0.2, 0.25) is 5.91 Å². The van der Waals surface area contributed by atoms with Crippen LogP contribution in [0.3, 0.4) is 0 Å². The normalized spacial score (nSPS) is 16.9. The van der Waals surface area contributed by atoms with E-state index < -0.39 is 0 Å². The molecule has 0 bridgehead atoms. The monoisotopic (exact) mass is 512 g/mol. The van der Waals surface area contributed by atoms with Crippen molar-refractivity contribution in [2.75, 3.05) is 17.3 Å². The van der Waals surface area contributed by atoms with Crippen molar-refractivity contribution in [3.63, 3.8) is 0 Å². The van der Waals surface area contributed by atoms with Gasteiger partial charge in [0.1, 0.15) is 11.8 Å². The molecule has 0 radical (unpaired) electrons. The molecule has 0 spiro atoms. The highest BCUT2D eigenvalue weighted by molar-refractivity contribution is 7.80. The largest absolute Gasteiger partial charge is 0.494 e. The van der Waals surface area contributed by atoms with Crippen LogP contribution in [-0.2, 0) is 4.79 Å². The van der Waals surface area contributed by atoms with Gasteiger partial charge in [-0.2, -0.15) is 0 Å². The fraction of sp³-hybridized carbons (Fsp3) is 0.214. The number of aromatic nitrogens is 3. The molecule has 4 heterocycles. The van der Waals surface area contributed by atoms with Gasteiger partial charge in [-0.3, -0.25) is 14.8 Å². The molecule has 1 aliphatic rings. The van der Waals surface area contributed by atoms with Crippen LogP contribution in [0.25, 0.3) is 5.69 Å². The second-order valence-electron chi connectivity index (χ2n) is 8.73. The van der Waals surface area contributed by atoms with E-state index in [0.29, 0.717) is 23.0 Å². The highest BCUT2D eigenvalue weighted by Gasteiger charge is 2.42. The third kappa shape index (κ3) is 4.65. The summed E-state index contributed by atoms with van der Waals surface area (Å²) in [5.74, 6) is 0.475. The van der Waals surface area contributed by atoms with Crippen LogP contribution in [0.2, 0.25) is 0 Å². The zero-order valence-electron chi connectivity index (χ0n) is 20.9. The van der Waals surface area contributed by atoms with E-state index in [1.165, 1.54) is 0 Å². The Morgan fingerprint density at radius 3 is 2.68 bits per heavy atom. The van der Waals surface area contributed by atoms with Gasteiger partial charge < -0.3 is 24.8 Å². The van der Waals surface area contributed by atoms with Crippen LogP contribution < -0.4 is 20.3 Å². The summed E-state index contributed by atoms with van der Waals surface area (Å²) in [7, 11) is 1.59. The number of methoxy groups -OCH3 is 1. The molecular weight excluding hydrogens is 484 g/mol. The first-order valence-electron chi connectivity index (χ1n) is 12.1. The van der Waals surface area contributed by atoms with Crippen molar-refractivity contribution in [3.8, 4) is 11.4 Å². The highest BCUT2D eigenvalue weighted by atomic mass is 32.1. The summed E-state index contributed by atoms with van der Waals surface area (Å²) in [6.07, 6.45) is 5.79. The van der Waals surface area contributed by atoms with E-state index in [1.54, 1.807) is 19.5 Å². The molecule has 188 valence electrons. The summed E-state index contributed by atoms with van der Waals surface area (Å²) in [5.41, 5.74) is 5.42. The number of benzene rings is 1. The molecule has 1 aliphatic heterocycles. The van der Waals surface area contributed by atoms with Gasteiger partial charge in [-0.05, 0) is 67.7 Å². The molecule has 9 heteroatoms. The molecule has 3 aromatic heterocycles. The number of amides is 1. The Morgan fingerprint density at radius 2 is 1.97 bits per heavy atom. The van der Waals surface area contributed by atoms with Crippen LogP contribution in [0, 0.1) is 6.92 Å². The summed E-state index contributed by atoms with van der Waals surface area (Å²) in [4.78, 5) is 23.1. The molecule has 4 aromatic rings. The molecule has 0 unspecified atom stereocenters. The van der Waals surface area contributed by atoms with E-state index in [9.17, 15) is 4.79 Å². The Bertz CT molecular complexity index is 1420. The number of carbonyl (C=O) groups is 1. The quantitative estimate of drug-likeness (QED) is 0.333. The van der Waals surface area contributed by atoms with Crippen molar-refractivity contribution >= 4 is 34.6 Å². The molecule has 1 aromatic carbocycles. The smallest absolute Gasteiger partial charge is 0.224 e. The number of nitrogens with zero attached hydrogens (tertiary/aromatic N) is 4. The number of hydrogen-bond acceptors (Lipinski definition) is 5. The zero-order valence-corrected chi connectivity index (χ0v) is 21.7. The first-order valence-corrected chi connectivity index (χ1v) is 12.5. The van der Waals surface area contributed by atoms with Crippen LogP contribution in [0.1, 0.15) is 42.5 Å². The van der Waals surface area contributed by atoms with Crippen molar-refractivity contribution in [1.29, 1.82) is 0 Å². The van der Waals surface area contributed by atoms with Gasteiger partial charge in [0, 0.05) is 42.0 Å². The number of hydrogen-bond donors (Lipinski definition) is 2. The molecule has 8 nitrogen and oxygen atoms in total. The minimum atomic E-state index is -0.225. The molecule has 1 amide bonds. The summed E-state index contributed by atoms with van der Waals surface area (Å²) in [6, 6.07) is 19.3. The molecule has 2 atom stereocenters. The molecule has 1 fully saturated rings. The molecule has 37 heavy (non-hydrogen) atoms. The summed E-state index contributed by atoms with van der Waals surface area (Å²) >= 11 is 5.90. The average molecular weight is 513 g/mol. The maximum absolute atomic E-state index is 12.0. The molecule has 0 saturated carbocycles. The number of pyridine rings is 2. The number of rotatable bonds is 7. The van der Waals surface area contributed by atoms with Gasteiger partial charge >= 0.3 is 0 Å². The van der Waals surface area contributed by atoms with E-state index in [4.69, 9.17) is 17.0 Å². The van der Waals surface area contributed by atoms with Crippen LogP contribution in [0.15, 0.2) is 79.3 Å². The third-order valence-electron chi connectivity index (χ3n) is 6.47. The van der Waals surface area contributed by atoms with Crippen LogP contribution in [-0.4, -0.2) is 32.7 Å². The second kappa shape index (κ2) is 10.4. The van der Waals surface area contributed by atoms with Crippen molar-refractivity contribution in [3.05, 3.63) is 96.3 Å². The Labute approximate surface area is 221 Å². The molecule has 2 N–H and O–H groups in total. The Morgan fingerprint density at radius 1 is 1.11 bits per heavy atom. The lowest BCUT2D eigenvalue weighted by Crippen LogP contribution is -2.30. The van der Waals surface area contributed by atoms with E-state index in [0.717, 1.165) is 28.5 Å². The molecular formula is C28H28N6O2S. The van der Waals surface area contributed by atoms with Crippen molar-refractivity contribution in [2.45, 2.75) is 32.4 Å². The third-order valence-corrected chi connectivity index (χ3v) is 6.78. The summed E-state index contributed by atoms with van der Waals surface area (Å²) < 4.78 is 7.84. The summed E-state index contributed by atoms with van der Waals surface area (Å²) in [6.45, 7) is 3.89. The number of carbonyl (C=O) groups excluding carboxylic acids is 1. The van der Waals surface area contributed by atoms with E-state index in [2.05, 4.69) is 49.1 Å². The SMILES string of the molecule is CCC(=O)Nc1ccc(N2C(=S)N[C@@H](c3ccccn3)[C@@H]2c2ccc(C)n2-c2cccnc2)cc1OC. The molecule has 0 aliphatic carbocycles. The van der Waals surface area contributed by atoms with E-state index in [-0.39, 0.29) is 18.0 Å². The molecule has 1 saturated heterocycles. The zero-order chi connectivity index (χ0) is 25.9. The average Bonchev–Trinajstić information content (AvgIpc) is 3.48. The maximum Gasteiger partial charge on any atom is 0.224 e. The Hall–Kier alpha value is -4.24. The number of thiocarbonyl (C=S) groups is 1. The highest BCUT2D eigenvalue weighted by Crippen LogP contribution is 2.44. The van der Waals surface area contributed by atoms with Gasteiger partial charge in [-0.1, -0.05) is 13.0 Å². The number of aryl methyl sites for hydroxylation is 1.